The average molecular weight is 316 g/mol. The van der Waals surface area contributed by atoms with Crippen molar-refractivity contribution in [2.24, 2.45) is 0 Å². The number of methoxy groups -OCH3 is 2. The van der Waals surface area contributed by atoms with Crippen LogP contribution in [0.1, 0.15) is 18.9 Å². The van der Waals surface area contributed by atoms with Crippen molar-refractivity contribution in [3.8, 4) is 5.75 Å². The first-order chi connectivity index (χ1) is 10.0. The lowest BCUT2D eigenvalue weighted by molar-refractivity contribution is 0.204. The first-order valence-electron chi connectivity index (χ1n) is 6.91. The fourth-order valence-electron chi connectivity index (χ4n) is 1.81. The van der Waals surface area contributed by atoms with E-state index in [0.29, 0.717) is 18.9 Å². The summed E-state index contributed by atoms with van der Waals surface area (Å²) in [5.41, 5.74) is 0.899. The van der Waals surface area contributed by atoms with Crippen LogP contribution in [0.5, 0.6) is 5.75 Å². The van der Waals surface area contributed by atoms with Crippen LogP contribution >= 0.6 is 0 Å². The highest BCUT2D eigenvalue weighted by molar-refractivity contribution is 7.89. The van der Waals surface area contributed by atoms with Gasteiger partial charge in [0.15, 0.2) is 0 Å². The number of rotatable bonds is 10. The Kier molecular flexibility index (Phi) is 7.66. The van der Waals surface area contributed by atoms with Gasteiger partial charge in [-0.3, -0.25) is 0 Å². The van der Waals surface area contributed by atoms with E-state index in [1.807, 2.05) is 6.07 Å². The molecular formula is C14H24N2O4S. The third kappa shape index (κ3) is 5.62. The summed E-state index contributed by atoms with van der Waals surface area (Å²) in [4.78, 5) is 0.150. The minimum Gasteiger partial charge on any atom is -0.495 e. The molecule has 0 unspecified atom stereocenters. The second-order valence-corrected chi connectivity index (χ2v) is 6.29. The van der Waals surface area contributed by atoms with Crippen molar-refractivity contribution in [2.45, 2.75) is 24.8 Å². The smallest absolute Gasteiger partial charge is 0.244 e. The summed E-state index contributed by atoms with van der Waals surface area (Å²) in [6, 6.07) is 5.17. The summed E-state index contributed by atoms with van der Waals surface area (Å²) < 4.78 is 37.1. The van der Waals surface area contributed by atoms with Crippen LogP contribution in [0.25, 0.3) is 0 Å². The molecular weight excluding hydrogens is 292 g/mol. The highest BCUT2D eigenvalue weighted by Crippen LogP contribution is 2.24. The molecule has 120 valence electrons. The molecule has 0 spiro atoms. The maximum absolute atomic E-state index is 12.3. The SMILES string of the molecule is CCCNCc1ccc(OC)c(S(=O)(=O)NCCOC)c1. The van der Waals surface area contributed by atoms with Crippen LogP contribution < -0.4 is 14.8 Å². The second kappa shape index (κ2) is 8.99. The van der Waals surface area contributed by atoms with Crippen LogP contribution in [0, 0.1) is 0 Å². The topological polar surface area (TPSA) is 76.7 Å². The molecule has 0 aliphatic carbocycles. The number of benzene rings is 1. The van der Waals surface area contributed by atoms with Crippen LogP contribution in [0.2, 0.25) is 0 Å². The maximum atomic E-state index is 12.3. The molecule has 1 aromatic carbocycles. The molecule has 0 heterocycles. The molecule has 0 saturated carbocycles. The summed E-state index contributed by atoms with van der Waals surface area (Å²) in [6.45, 7) is 4.13. The highest BCUT2D eigenvalue weighted by atomic mass is 32.2. The van der Waals surface area contributed by atoms with Gasteiger partial charge in [0, 0.05) is 20.2 Å². The normalized spacial score (nSPS) is 11.6. The van der Waals surface area contributed by atoms with Gasteiger partial charge in [-0.25, -0.2) is 13.1 Å². The molecule has 6 nitrogen and oxygen atoms in total. The van der Waals surface area contributed by atoms with Crippen LogP contribution in [0.4, 0.5) is 0 Å². The molecule has 0 saturated heterocycles. The Hall–Kier alpha value is -1.15. The van der Waals surface area contributed by atoms with Crippen molar-refractivity contribution < 1.29 is 17.9 Å². The van der Waals surface area contributed by atoms with Gasteiger partial charge in [0.25, 0.3) is 0 Å². The van der Waals surface area contributed by atoms with Gasteiger partial charge in [0.05, 0.1) is 13.7 Å². The summed E-state index contributed by atoms with van der Waals surface area (Å²) in [7, 11) is -0.632. The molecule has 0 bridgehead atoms. The Morgan fingerprint density at radius 1 is 1.19 bits per heavy atom. The van der Waals surface area contributed by atoms with Crippen LogP contribution in [0.3, 0.4) is 0 Å². The number of ether oxygens (including phenoxy) is 2. The number of hydrogen-bond acceptors (Lipinski definition) is 5. The first kappa shape index (κ1) is 17.9. The van der Waals surface area contributed by atoms with Crippen LogP contribution in [-0.2, 0) is 21.3 Å². The molecule has 0 fully saturated rings. The number of nitrogens with one attached hydrogen (secondary N) is 2. The van der Waals surface area contributed by atoms with E-state index in [2.05, 4.69) is 17.0 Å². The van der Waals surface area contributed by atoms with Gasteiger partial charge in [-0.05, 0) is 30.7 Å². The zero-order valence-corrected chi connectivity index (χ0v) is 13.6. The van der Waals surface area contributed by atoms with Crippen molar-refractivity contribution >= 4 is 10.0 Å². The zero-order valence-electron chi connectivity index (χ0n) is 12.8. The van der Waals surface area contributed by atoms with Crippen molar-refractivity contribution in [2.75, 3.05) is 33.9 Å². The van der Waals surface area contributed by atoms with Gasteiger partial charge in [-0.1, -0.05) is 13.0 Å². The van der Waals surface area contributed by atoms with Gasteiger partial charge in [-0.15, -0.1) is 0 Å². The lowest BCUT2D eigenvalue weighted by Crippen LogP contribution is -2.27. The molecule has 2 N–H and O–H groups in total. The molecule has 0 amide bonds. The van der Waals surface area contributed by atoms with E-state index in [-0.39, 0.29) is 11.4 Å². The largest absolute Gasteiger partial charge is 0.495 e. The quantitative estimate of drug-likeness (QED) is 0.633. The average Bonchev–Trinajstić information content (AvgIpc) is 2.47. The second-order valence-electron chi connectivity index (χ2n) is 4.55. The van der Waals surface area contributed by atoms with Crippen LogP contribution in [-0.4, -0.2) is 42.3 Å². The Morgan fingerprint density at radius 3 is 2.57 bits per heavy atom. The summed E-state index contributed by atoms with van der Waals surface area (Å²) in [5, 5.41) is 3.24. The molecule has 0 aliphatic rings. The van der Waals surface area contributed by atoms with Crippen molar-refractivity contribution in [3.63, 3.8) is 0 Å². The van der Waals surface area contributed by atoms with E-state index in [4.69, 9.17) is 9.47 Å². The van der Waals surface area contributed by atoms with E-state index in [0.717, 1.165) is 18.5 Å². The minimum absolute atomic E-state index is 0.150. The predicted molar refractivity (Wildman–Crippen MR) is 82.1 cm³/mol. The molecule has 0 radical (unpaired) electrons. The minimum atomic E-state index is -3.61. The van der Waals surface area contributed by atoms with E-state index in [1.54, 1.807) is 12.1 Å². The molecule has 0 atom stereocenters. The Bertz CT molecular complexity index is 532. The molecule has 0 aliphatic heterocycles. The Morgan fingerprint density at radius 2 is 1.95 bits per heavy atom. The Labute approximate surface area is 126 Å². The van der Waals surface area contributed by atoms with Crippen molar-refractivity contribution in [3.05, 3.63) is 23.8 Å². The zero-order chi connectivity index (χ0) is 15.7. The third-order valence-corrected chi connectivity index (χ3v) is 4.35. The van der Waals surface area contributed by atoms with E-state index in [1.165, 1.54) is 14.2 Å². The van der Waals surface area contributed by atoms with Crippen LogP contribution in [0.15, 0.2) is 23.1 Å². The number of hydrogen-bond donors (Lipinski definition) is 2. The molecule has 1 rings (SSSR count). The Balaban J connectivity index is 2.93. The maximum Gasteiger partial charge on any atom is 0.244 e. The third-order valence-electron chi connectivity index (χ3n) is 2.87. The lowest BCUT2D eigenvalue weighted by atomic mass is 10.2. The van der Waals surface area contributed by atoms with Gasteiger partial charge in [-0.2, -0.15) is 0 Å². The summed E-state index contributed by atoms with van der Waals surface area (Å²) >= 11 is 0. The monoisotopic (exact) mass is 316 g/mol. The van der Waals surface area contributed by atoms with Gasteiger partial charge < -0.3 is 14.8 Å². The van der Waals surface area contributed by atoms with Gasteiger partial charge in [0.2, 0.25) is 10.0 Å². The molecule has 21 heavy (non-hydrogen) atoms. The lowest BCUT2D eigenvalue weighted by Gasteiger charge is -2.12. The molecule has 1 aromatic rings. The summed E-state index contributed by atoms with van der Waals surface area (Å²) in [6.07, 6.45) is 1.03. The van der Waals surface area contributed by atoms with Gasteiger partial charge >= 0.3 is 0 Å². The standard InChI is InChI=1S/C14H24N2O4S/c1-4-7-15-11-12-5-6-13(20-3)14(10-12)21(17,18)16-8-9-19-2/h5-6,10,15-16H,4,7-9,11H2,1-3H3. The van der Waals surface area contributed by atoms with E-state index < -0.39 is 10.0 Å². The van der Waals surface area contributed by atoms with Gasteiger partial charge in [0.1, 0.15) is 10.6 Å². The van der Waals surface area contributed by atoms with Crippen molar-refractivity contribution in [1.82, 2.24) is 10.0 Å². The highest BCUT2D eigenvalue weighted by Gasteiger charge is 2.19. The fourth-order valence-corrected chi connectivity index (χ4v) is 3.04. The van der Waals surface area contributed by atoms with Crippen molar-refractivity contribution in [1.29, 1.82) is 0 Å². The fraction of sp³-hybridized carbons (Fsp3) is 0.571. The molecule has 0 aromatic heterocycles. The summed E-state index contributed by atoms with van der Waals surface area (Å²) in [5.74, 6) is 0.333. The first-order valence-corrected chi connectivity index (χ1v) is 8.39. The van der Waals surface area contributed by atoms with E-state index in [9.17, 15) is 8.42 Å². The predicted octanol–water partition coefficient (Wildman–Crippen LogP) is 1.12. The number of sulfonamides is 1. The van der Waals surface area contributed by atoms with E-state index >= 15 is 0 Å². The molecule has 7 heteroatoms.